The van der Waals surface area contributed by atoms with Gasteiger partial charge in [-0.25, -0.2) is 0 Å². The van der Waals surface area contributed by atoms with Gasteiger partial charge in [-0.15, -0.1) is 0 Å². The van der Waals surface area contributed by atoms with E-state index in [-0.39, 0.29) is 0 Å². The zero-order chi connectivity index (χ0) is 15.4. The van der Waals surface area contributed by atoms with E-state index in [0.717, 1.165) is 10.0 Å². The van der Waals surface area contributed by atoms with Gasteiger partial charge in [0.15, 0.2) is 0 Å². The van der Waals surface area contributed by atoms with Crippen molar-refractivity contribution in [1.29, 1.82) is 0 Å². The van der Waals surface area contributed by atoms with Crippen LogP contribution in [-0.4, -0.2) is 11.1 Å². The number of hydrogen-bond acceptors (Lipinski definition) is 1. The van der Waals surface area contributed by atoms with E-state index in [9.17, 15) is 9.90 Å². The molecule has 0 spiro atoms. The molecule has 0 bridgehead atoms. The highest BCUT2D eigenvalue weighted by atomic mass is 79.9. The maximum Gasteiger partial charge on any atom is 0.307 e. The van der Waals surface area contributed by atoms with Crippen LogP contribution in [-0.2, 0) is 17.6 Å². The maximum atomic E-state index is 11.5. The van der Waals surface area contributed by atoms with Gasteiger partial charge in [-0.3, -0.25) is 4.79 Å². The number of carbonyl (C=O) groups is 1. The van der Waals surface area contributed by atoms with Gasteiger partial charge in [0, 0.05) is 14.5 Å². The topological polar surface area (TPSA) is 37.3 Å². The summed E-state index contributed by atoms with van der Waals surface area (Å²) in [5.74, 6) is -1.44. The van der Waals surface area contributed by atoms with Crippen molar-refractivity contribution >= 4 is 45.1 Å². The van der Waals surface area contributed by atoms with E-state index < -0.39 is 11.9 Å². The molecule has 0 aliphatic carbocycles. The first-order valence-electron chi connectivity index (χ1n) is 6.38. The quantitative estimate of drug-likeness (QED) is 0.761. The van der Waals surface area contributed by atoms with Crippen LogP contribution in [0.2, 0.25) is 10.0 Å². The fraction of sp³-hybridized carbons (Fsp3) is 0.188. The summed E-state index contributed by atoms with van der Waals surface area (Å²) >= 11 is 15.7. The van der Waals surface area contributed by atoms with E-state index in [0.29, 0.717) is 28.5 Å². The third-order valence-electron chi connectivity index (χ3n) is 3.29. The van der Waals surface area contributed by atoms with Crippen LogP contribution in [0, 0.1) is 5.92 Å². The molecule has 5 heteroatoms. The van der Waals surface area contributed by atoms with Crippen LogP contribution >= 0.6 is 39.1 Å². The lowest BCUT2D eigenvalue weighted by Gasteiger charge is -2.15. The molecule has 0 aromatic heterocycles. The minimum Gasteiger partial charge on any atom is -0.481 e. The number of carboxylic acids is 1. The number of aliphatic carboxylic acids is 1. The highest BCUT2D eigenvalue weighted by molar-refractivity contribution is 9.10. The van der Waals surface area contributed by atoms with E-state index in [1.807, 2.05) is 24.3 Å². The second kappa shape index (κ2) is 7.30. The molecule has 0 amide bonds. The smallest absolute Gasteiger partial charge is 0.307 e. The Hall–Kier alpha value is -1.03. The van der Waals surface area contributed by atoms with Crippen molar-refractivity contribution in [1.82, 2.24) is 0 Å². The number of benzene rings is 2. The van der Waals surface area contributed by atoms with Gasteiger partial charge in [-0.1, -0.05) is 63.4 Å². The monoisotopic (exact) mass is 386 g/mol. The largest absolute Gasteiger partial charge is 0.481 e. The van der Waals surface area contributed by atoms with Gasteiger partial charge in [0.05, 0.1) is 5.92 Å². The molecule has 1 N–H and O–H groups in total. The molecule has 0 aliphatic rings. The van der Waals surface area contributed by atoms with E-state index in [1.165, 1.54) is 0 Å². The molecule has 110 valence electrons. The first-order chi connectivity index (χ1) is 9.99. The summed E-state index contributed by atoms with van der Waals surface area (Å²) in [5, 5.41) is 10.5. The normalized spacial score (nSPS) is 12.1. The van der Waals surface area contributed by atoms with Crippen molar-refractivity contribution in [2.45, 2.75) is 12.8 Å². The average molecular weight is 388 g/mol. The maximum absolute atomic E-state index is 11.5. The van der Waals surface area contributed by atoms with Crippen molar-refractivity contribution in [3.63, 3.8) is 0 Å². The Morgan fingerprint density at radius 1 is 1.05 bits per heavy atom. The van der Waals surface area contributed by atoms with E-state index in [4.69, 9.17) is 23.2 Å². The molecular weight excluding hydrogens is 375 g/mol. The molecule has 0 aliphatic heterocycles. The standard InChI is InChI=1S/C16H13BrCl2O2/c17-13-5-2-1-4-10(13)8-11(16(20)21)9-12-14(18)6-3-7-15(12)19/h1-7,11H,8-9H2,(H,20,21). The summed E-state index contributed by atoms with van der Waals surface area (Å²) in [6, 6.07) is 12.8. The molecule has 21 heavy (non-hydrogen) atoms. The van der Waals surface area contributed by atoms with Crippen LogP contribution in [0.3, 0.4) is 0 Å². The van der Waals surface area contributed by atoms with Crippen molar-refractivity contribution in [2.24, 2.45) is 5.92 Å². The Morgan fingerprint density at radius 2 is 1.67 bits per heavy atom. The van der Waals surface area contributed by atoms with Crippen LogP contribution in [0.1, 0.15) is 11.1 Å². The number of rotatable bonds is 5. The molecule has 0 radical (unpaired) electrons. The summed E-state index contributed by atoms with van der Waals surface area (Å²) in [6.45, 7) is 0. The summed E-state index contributed by atoms with van der Waals surface area (Å²) in [6.07, 6.45) is 0.716. The lowest BCUT2D eigenvalue weighted by Crippen LogP contribution is -2.19. The Kier molecular flexibility index (Phi) is 5.68. The van der Waals surface area contributed by atoms with Crippen LogP contribution in [0.4, 0.5) is 0 Å². The molecular formula is C16H13BrCl2O2. The molecule has 0 saturated heterocycles. The lowest BCUT2D eigenvalue weighted by molar-refractivity contribution is -0.141. The lowest BCUT2D eigenvalue weighted by atomic mass is 9.92. The van der Waals surface area contributed by atoms with Gasteiger partial charge in [-0.05, 0) is 42.2 Å². The Labute approximate surface area is 141 Å². The van der Waals surface area contributed by atoms with Gasteiger partial charge >= 0.3 is 5.97 Å². The number of halogens is 3. The Balaban J connectivity index is 2.25. The third kappa shape index (κ3) is 4.22. The van der Waals surface area contributed by atoms with Gasteiger partial charge in [0.2, 0.25) is 0 Å². The van der Waals surface area contributed by atoms with Crippen molar-refractivity contribution < 1.29 is 9.90 Å². The van der Waals surface area contributed by atoms with E-state index >= 15 is 0 Å². The molecule has 0 saturated carbocycles. The van der Waals surface area contributed by atoms with Crippen molar-refractivity contribution in [3.8, 4) is 0 Å². The fourth-order valence-electron chi connectivity index (χ4n) is 2.15. The fourth-order valence-corrected chi connectivity index (χ4v) is 3.15. The van der Waals surface area contributed by atoms with Gasteiger partial charge in [-0.2, -0.15) is 0 Å². The molecule has 2 nitrogen and oxygen atoms in total. The van der Waals surface area contributed by atoms with Crippen LogP contribution in [0.15, 0.2) is 46.9 Å². The average Bonchev–Trinajstić information content (AvgIpc) is 2.43. The summed E-state index contributed by atoms with van der Waals surface area (Å²) in [7, 11) is 0. The van der Waals surface area contributed by atoms with Gasteiger partial charge in [0.25, 0.3) is 0 Å². The number of carboxylic acid groups (broad SMARTS) is 1. The number of hydrogen-bond donors (Lipinski definition) is 1. The molecule has 1 unspecified atom stereocenters. The van der Waals surface area contributed by atoms with Crippen LogP contribution in [0.5, 0.6) is 0 Å². The Morgan fingerprint density at radius 3 is 2.24 bits per heavy atom. The molecule has 1 atom stereocenters. The van der Waals surface area contributed by atoms with Gasteiger partial charge < -0.3 is 5.11 Å². The van der Waals surface area contributed by atoms with E-state index in [1.54, 1.807) is 18.2 Å². The van der Waals surface area contributed by atoms with Gasteiger partial charge in [0.1, 0.15) is 0 Å². The zero-order valence-electron chi connectivity index (χ0n) is 11.0. The van der Waals surface area contributed by atoms with Crippen molar-refractivity contribution in [2.75, 3.05) is 0 Å². The second-order valence-electron chi connectivity index (χ2n) is 4.74. The van der Waals surface area contributed by atoms with Crippen LogP contribution in [0.25, 0.3) is 0 Å². The molecule has 0 fully saturated rings. The highest BCUT2D eigenvalue weighted by Gasteiger charge is 2.22. The van der Waals surface area contributed by atoms with Crippen LogP contribution < -0.4 is 0 Å². The zero-order valence-corrected chi connectivity index (χ0v) is 14.1. The third-order valence-corrected chi connectivity index (χ3v) is 4.77. The molecule has 2 rings (SSSR count). The second-order valence-corrected chi connectivity index (χ2v) is 6.40. The predicted octanol–water partition coefficient (Wildman–Crippen LogP) is 5.24. The minimum absolute atomic E-state index is 0.301. The summed E-state index contributed by atoms with van der Waals surface area (Å²) in [5.41, 5.74) is 1.63. The predicted molar refractivity (Wildman–Crippen MR) is 89.1 cm³/mol. The minimum atomic E-state index is -0.860. The Bertz CT molecular complexity index is 638. The van der Waals surface area contributed by atoms with E-state index in [2.05, 4.69) is 15.9 Å². The highest BCUT2D eigenvalue weighted by Crippen LogP contribution is 2.29. The summed E-state index contributed by atoms with van der Waals surface area (Å²) < 4.78 is 0.904. The summed E-state index contributed by atoms with van der Waals surface area (Å²) in [4.78, 5) is 11.5. The molecule has 2 aromatic carbocycles. The molecule has 0 heterocycles. The molecule has 2 aromatic rings. The van der Waals surface area contributed by atoms with Crippen molar-refractivity contribution in [3.05, 3.63) is 68.1 Å². The first-order valence-corrected chi connectivity index (χ1v) is 7.93. The first kappa shape index (κ1) is 16.3. The SMILES string of the molecule is O=C(O)C(Cc1ccccc1Br)Cc1c(Cl)cccc1Cl.